The Labute approximate surface area is 128 Å². The number of rotatable bonds is 5. The minimum absolute atomic E-state index is 0.0525. The van der Waals surface area contributed by atoms with Gasteiger partial charge in [0.2, 0.25) is 0 Å². The van der Waals surface area contributed by atoms with E-state index in [0.717, 1.165) is 12.1 Å². The summed E-state index contributed by atoms with van der Waals surface area (Å²) in [5, 5.41) is 9.23. The largest absolute Gasteiger partial charge is 0.493 e. The second-order valence-electron chi connectivity index (χ2n) is 5.53. The van der Waals surface area contributed by atoms with E-state index < -0.39 is 26.2 Å². The summed E-state index contributed by atoms with van der Waals surface area (Å²) in [6.07, 6.45) is -5.95. The lowest BCUT2D eigenvalue weighted by Gasteiger charge is -2.25. The van der Waals surface area contributed by atoms with Gasteiger partial charge in [0.1, 0.15) is 0 Å². The van der Waals surface area contributed by atoms with Crippen molar-refractivity contribution in [3.05, 3.63) is 23.3 Å². The Morgan fingerprint density at radius 2 is 1.59 bits per heavy atom. The van der Waals surface area contributed by atoms with Gasteiger partial charge < -0.3 is 13.9 Å². The van der Waals surface area contributed by atoms with Crippen LogP contribution in [0.4, 0.5) is 13.2 Å². The molecule has 1 atom stereocenters. The van der Waals surface area contributed by atoms with Gasteiger partial charge in [-0.25, -0.2) is 0 Å². The first kappa shape index (κ1) is 18.3. The summed E-state index contributed by atoms with van der Waals surface area (Å²) in [7, 11) is 0.346. The van der Waals surface area contributed by atoms with Gasteiger partial charge in [0, 0.05) is 5.56 Å². The standard InChI is InChI=1S/C14H18F3NO3Si/c1-19-11-6-9(13(8-18)21-22(3,4)5)10(14(15,16)17)7-12(11)20-2/h6-7,13H,1-5H3. The van der Waals surface area contributed by atoms with Gasteiger partial charge in [0.05, 0.1) is 25.9 Å². The molecule has 0 saturated carbocycles. The Hall–Kier alpha value is -1.72. The second kappa shape index (κ2) is 6.58. The summed E-state index contributed by atoms with van der Waals surface area (Å²) >= 11 is 0. The molecule has 0 aliphatic carbocycles. The summed E-state index contributed by atoms with van der Waals surface area (Å²) in [5.74, 6) is 0.0631. The first-order valence-corrected chi connectivity index (χ1v) is 9.85. The second-order valence-corrected chi connectivity index (χ2v) is 9.99. The van der Waals surface area contributed by atoms with Gasteiger partial charge in [-0.2, -0.15) is 18.4 Å². The van der Waals surface area contributed by atoms with Gasteiger partial charge in [-0.15, -0.1) is 0 Å². The van der Waals surface area contributed by atoms with Crippen LogP contribution >= 0.6 is 0 Å². The van der Waals surface area contributed by atoms with Crippen molar-refractivity contribution in [2.24, 2.45) is 0 Å². The van der Waals surface area contributed by atoms with Crippen LogP contribution in [0, 0.1) is 11.3 Å². The van der Waals surface area contributed by atoms with E-state index in [9.17, 15) is 18.4 Å². The van der Waals surface area contributed by atoms with E-state index in [4.69, 9.17) is 13.9 Å². The molecule has 0 bridgehead atoms. The molecule has 4 nitrogen and oxygen atoms in total. The number of nitriles is 1. The van der Waals surface area contributed by atoms with Crippen molar-refractivity contribution in [1.82, 2.24) is 0 Å². The molecule has 0 radical (unpaired) electrons. The molecule has 0 fully saturated rings. The molecule has 0 saturated heterocycles. The third kappa shape index (κ3) is 4.38. The highest BCUT2D eigenvalue weighted by molar-refractivity contribution is 6.69. The van der Waals surface area contributed by atoms with Crippen molar-refractivity contribution in [1.29, 1.82) is 5.26 Å². The SMILES string of the molecule is COc1cc(C(C#N)O[Si](C)(C)C)c(C(F)(F)F)cc1OC. The van der Waals surface area contributed by atoms with Gasteiger partial charge in [0.25, 0.3) is 0 Å². The van der Waals surface area contributed by atoms with Crippen LogP contribution in [0.3, 0.4) is 0 Å². The molecule has 8 heteroatoms. The Morgan fingerprint density at radius 1 is 1.09 bits per heavy atom. The highest BCUT2D eigenvalue weighted by Gasteiger charge is 2.38. The smallest absolute Gasteiger partial charge is 0.416 e. The highest BCUT2D eigenvalue weighted by atomic mass is 28.4. The molecule has 0 aromatic heterocycles. The van der Waals surface area contributed by atoms with Gasteiger partial charge in [0.15, 0.2) is 25.9 Å². The van der Waals surface area contributed by atoms with Crippen LogP contribution in [-0.2, 0) is 10.6 Å². The number of alkyl halides is 3. The third-order valence-electron chi connectivity index (χ3n) is 2.73. The first-order valence-electron chi connectivity index (χ1n) is 6.44. The molecule has 122 valence electrons. The maximum absolute atomic E-state index is 13.3. The molecule has 22 heavy (non-hydrogen) atoms. The van der Waals surface area contributed by atoms with Crippen molar-refractivity contribution < 1.29 is 27.1 Å². The Balaban J connectivity index is 3.52. The molecule has 1 rings (SSSR count). The zero-order valence-corrected chi connectivity index (χ0v) is 14.0. The maximum atomic E-state index is 13.3. The molecule has 0 aliphatic rings. The zero-order chi connectivity index (χ0) is 17.1. The predicted molar refractivity (Wildman–Crippen MR) is 77.3 cm³/mol. The molecule has 0 N–H and O–H groups in total. The average molecular weight is 333 g/mol. The normalized spacial score (nSPS) is 13.4. The van der Waals surface area contributed by atoms with Gasteiger partial charge in [-0.1, -0.05) is 0 Å². The Kier molecular flexibility index (Phi) is 5.48. The van der Waals surface area contributed by atoms with Gasteiger partial charge in [-0.05, 0) is 31.8 Å². The fraction of sp³-hybridized carbons (Fsp3) is 0.500. The summed E-state index contributed by atoms with van der Waals surface area (Å²) < 4.78 is 55.3. The fourth-order valence-corrected chi connectivity index (χ4v) is 2.76. The number of hydrogen-bond acceptors (Lipinski definition) is 4. The van der Waals surface area contributed by atoms with E-state index in [1.54, 1.807) is 25.7 Å². The lowest BCUT2D eigenvalue weighted by Crippen LogP contribution is -2.28. The average Bonchev–Trinajstić information content (AvgIpc) is 2.41. The molecule has 0 amide bonds. The minimum Gasteiger partial charge on any atom is -0.493 e. The van der Waals surface area contributed by atoms with Crippen molar-refractivity contribution in [3.8, 4) is 17.6 Å². The van der Waals surface area contributed by atoms with Crippen LogP contribution in [0.15, 0.2) is 12.1 Å². The van der Waals surface area contributed by atoms with Crippen LogP contribution in [0.1, 0.15) is 17.2 Å². The summed E-state index contributed by atoms with van der Waals surface area (Å²) in [6.45, 7) is 5.39. The van der Waals surface area contributed by atoms with Crippen molar-refractivity contribution in [3.63, 3.8) is 0 Å². The van der Waals surface area contributed by atoms with Crippen LogP contribution in [0.25, 0.3) is 0 Å². The lowest BCUT2D eigenvalue weighted by atomic mass is 10.0. The summed E-state index contributed by atoms with van der Waals surface area (Å²) in [4.78, 5) is 0. The Morgan fingerprint density at radius 3 is 1.95 bits per heavy atom. The van der Waals surface area contributed by atoms with Crippen molar-refractivity contribution in [2.75, 3.05) is 14.2 Å². The van der Waals surface area contributed by atoms with E-state index in [-0.39, 0.29) is 17.1 Å². The first-order chi connectivity index (χ1) is 10.0. The number of halogens is 3. The van der Waals surface area contributed by atoms with E-state index in [1.807, 2.05) is 0 Å². The van der Waals surface area contributed by atoms with Crippen LogP contribution in [0.5, 0.6) is 11.5 Å². The minimum atomic E-state index is -4.63. The third-order valence-corrected chi connectivity index (χ3v) is 3.68. The lowest BCUT2D eigenvalue weighted by molar-refractivity contribution is -0.138. The monoisotopic (exact) mass is 333 g/mol. The quantitative estimate of drug-likeness (QED) is 0.760. The van der Waals surface area contributed by atoms with Crippen molar-refractivity contribution in [2.45, 2.75) is 31.9 Å². The number of benzene rings is 1. The zero-order valence-electron chi connectivity index (χ0n) is 13.0. The van der Waals surface area contributed by atoms with Crippen LogP contribution in [0.2, 0.25) is 19.6 Å². The number of nitrogens with zero attached hydrogens (tertiary/aromatic N) is 1. The van der Waals surface area contributed by atoms with E-state index in [1.165, 1.54) is 14.2 Å². The van der Waals surface area contributed by atoms with E-state index >= 15 is 0 Å². The number of methoxy groups -OCH3 is 2. The number of hydrogen-bond donors (Lipinski definition) is 0. The molecule has 0 spiro atoms. The maximum Gasteiger partial charge on any atom is 0.416 e. The summed E-state index contributed by atoms with van der Waals surface area (Å²) in [5.41, 5.74) is -1.23. The van der Waals surface area contributed by atoms with Crippen LogP contribution < -0.4 is 9.47 Å². The van der Waals surface area contributed by atoms with E-state index in [2.05, 4.69) is 0 Å². The van der Waals surface area contributed by atoms with Crippen molar-refractivity contribution >= 4 is 8.32 Å². The molecule has 1 aromatic carbocycles. The molecular formula is C14H18F3NO3Si. The molecular weight excluding hydrogens is 315 g/mol. The van der Waals surface area contributed by atoms with E-state index in [0.29, 0.717) is 0 Å². The summed E-state index contributed by atoms with van der Waals surface area (Å²) in [6, 6.07) is 3.77. The Bertz CT molecular complexity index is 576. The van der Waals surface area contributed by atoms with Crippen LogP contribution in [-0.4, -0.2) is 22.5 Å². The molecule has 1 unspecified atom stereocenters. The number of ether oxygens (including phenoxy) is 2. The van der Waals surface area contributed by atoms with Gasteiger partial charge in [-0.3, -0.25) is 0 Å². The fourth-order valence-electron chi connectivity index (χ4n) is 1.87. The predicted octanol–water partition coefficient (Wildman–Crippen LogP) is 4.14. The molecule has 0 aliphatic heterocycles. The highest BCUT2D eigenvalue weighted by Crippen LogP contribution is 2.42. The van der Waals surface area contributed by atoms with Gasteiger partial charge >= 0.3 is 6.18 Å². The molecule has 1 aromatic rings. The topological polar surface area (TPSA) is 51.5 Å². The molecule has 0 heterocycles.